The van der Waals surface area contributed by atoms with Crippen molar-refractivity contribution in [2.24, 2.45) is 0 Å². The van der Waals surface area contributed by atoms with Crippen molar-refractivity contribution >= 4 is 15.8 Å². The molecule has 0 aliphatic rings. The van der Waals surface area contributed by atoms with Crippen LogP contribution in [0.25, 0.3) is 0 Å². The molecule has 5 heteroatoms. The third-order valence-corrected chi connectivity index (χ3v) is 6.26. The summed E-state index contributed by atoms with van der Waals surface area (Å²) in [5, 5.41) is 0. The van der Waals surface area contributed by atoms with Crippen LogP contribution in [0.1, 0.15) is 76.2 Å². The maximum Gasteiger partial charge on any atom is 0.338 e. The predicted octanol–water partition coefficient (Wildman–Crippen LogP) is 5.91. The van der Waals surface area contributed by atoms with E-state index in [1.165, 1.54) is 24.3 Å². The van der Waals surface area contributed by atoms with Crippen LogP contribution in [0, 0.1) is 6.92 Å². The maximum absolute atomic E-state index is 13.2. The number of ether oxygens (including phenoxy) is 1. The number of hydrogen-bond donors (Lipinski definition) is 0. The highest BCUT2D eigenvalue weighted by molar-refractivity contribution is 7.91. The Morgan fingerprint density at radius 1 is 1.03 bits per heavy atom. The van der Waals surface area contributed by atoms with E-state index in [1.807, 2.05) is 6.92 Å². The van der Waals surface area contributed by atoms with Crippen LogP contribution in [-0.4, -0.2) is 20.0 Å². The highest BCUT2D eigenvalue weighted by atomic mass is 32.2. The van der Waals surface area contributed by atoms with Crippen molar-refractivity contribution in [1.82, 2.24) is 0 Å². The molecule has 0 bridgehead atoms. The van der Waals surface area contributed by atoms with Gasteiger partial charge in [-0.2, -0.15) is 0 Å². The molecule has 0 radical (unpaired) electrons. The van der Waals surface area contributed by atoms with Gasteiger partial charge in [-0.25, -0.2) is 13.2 Å². The van der Waals surface area contributed by atoms with Crippen LogP contribution in [0.4, 0.5) is 0 Å². The minimum absolute atomic E-state index is 0.103. The Labute approximate surface area is 176 Å². The summed E-state index contributed by atoms with van der Waals surface area (Å²) < 4.78 is 40.2. The number of esters is 1. The van der Waals surface area contributed by atoms with Crippen LogP contribution in [0.3, 0.4) is 0 Å². The van der Waals surface area contributed by atoms with Gasteiger partial charge in [0.1, 0.15) is 5.60 Å². The normalized spacial score (nSPS) is 12.5. The Hall–Kier alpha value is -2.14. The molecule has 0 aliphatic heterocycles. The van der Waals surface area contributed by atoms with Crippen LogP contribution in [0.2, 0.25) is 0 Å². The summed E-state index contributed by atoms with van der Waals surface area (Å²) in [5.74, 6) is -0.562. The molecule has 0 saturated carbocycles. The Bertz CT molecular complexity index is 987. The Morgan fingerprint density at radius 3 is 2.28 bits per heavy atom. The molecule has 2 aromatic carbocycles. The van der Waals surface area contributed by atoms with E-state index >= 15 is 0 Å². The average molecular weight is 418 g/mol. The van der Waals surface area contributed by atoms with Crippen LogP contribution in [-0.2, 0) is 21.0 Å². The first kappa shape index (κ1) is 21.6. The predicted molar refractivity (Wildman–Crippen MR) is 116 cm³/mol. The van der Waals surface area contributed by atoms with Gasteiger partial charge in [0, 0.05) is 0 Å². The molecule has 0 atom stereocenters. The van der Waals surface area contributed by atoms with Gasteiger partial charge in [0.25, 0.3) is 0 Å². The standard InChI is InChI=1S/C24H32O4S/c1-6-7-8-9-10-19-13-16-21(17-22(19)23(25)28-24(3,4)5)29(26,27)20-14-11-18(2)12-15-20/h11-17H,6-10H2,1-5H3/i16D. The molecule has 0 aromatic heterocycles. The second-order valence-corrected chi connectivity index (χ2v) is 10.3. The molecule has 2 rings (SSSR count). The summed E-state index contributed by atoms with van der Waals surface area (Å²) in [6.07, 6.45) is 4.67. The number of hydrogen-bond acceptors (Lipinski definition) is 4. The fraction of sp³-hybridized carbons (Fsp3) is 0.458. The lowest BCUT2D eigenvalue weighted by atomic mass is 10.0. The van der Waals surface area contributed by atoms with Gasteiger partial charge in [0.2, 0.25) is 9.84 Å². The minimum Gasteiger partial charge on any atom is -0.456 e. The molecular weight excluding hydrogens is 384 g/mol. The second-order valence-electron chi connectivity index (χ2n) is 8.37. The first-order chi connectivity index (χ1) is 14.0. The molecule has 0 amide bonds. The molecule has 4 nitrogen and oxygen atoms in total. The third-order valence-electron chi connectivity index (χ3n) is 4.55. The van der Waals surface area contributed by atoms with E-state index in [9.17, 15) is 13.2 Å². The first-order valence-corrected chi connectivity index (χ1v) is 11.6. The van der Waals surface area contributed by atoms with Crippen molar-refractivity contribution in [1.29, 1.82) is 0 Å². The number of unbranched alkanes of at least 4 members (excludes halogenated alkanes) is 3. The SMILES string of the molecule is [2H]c1cc(CCCCCC)c(C(=O)OC(C)(C)C)cc1S(=O)(=O)c1ccc(C)cc1. The number of carbonyl (C=O) groups is 1. The van der Waals surface area contributed by atoms with Crippen molar-refractivity contribution in [3.05, 3.63) is 59.1 Å². The van der Waals surface area contributed by atoms with Crippen molar-refractivity contribution in [3.63, 3.8) is 0 Å². The molecule has 0 fully saturated rings. The topological polar surface area (TPSA) is 60.4 Å². The molecule has 0 N–H and O–H groups in total. The average Bonchev–Trinajstić information content (AvgIpc) is 2.64. The number of rotatable bonds is 8. The van der Waals surface area contributed by atoms with Crippen LogP contribution >= 0.6 is 0 Å². The summed E-state index contributed by atoms with van der Waals surface area (Å²) in [4.78, 5) is 12.8. The van der Waals surface area contributed by atoms with Crippen LogP contribution in [0.5, 0.6) is 0 Å². The van der Waals surface area contributed by atoms with Gasteiger partial charge in [-0.15, -0.1) is 0 Å². The zero-order chi connectivity index (χ0) is 22.5. The molecule has 29 heavy (non-hydrogen) atoms. The number of sulfone groups is 1. The lowest BCUT2D eigenvalue weighted by Crippen LogP contribution is -2.24. The highest BCUT2D eigenvalue weighted by Gasteiger charge is 2.24. The first-order valence-electron chi connectivity index (χ1n) is 10.6. The van der Waals surface area contributed by atoms with Gasteiger partial charge >= 0.3 is 5.97 Å². The van der Waals surface area contributed by atoms with E-state index in [4.69, 9.17) is 6.11 Å². The lowest BCUT2D eigenvalue weighted by molar-refractivity contribution is 0.00680. The van der Waals surface area contributed by atoms with E-state index in [1.54, 1.807) is 32.9 Å². The van der Waals surface area contributed by atoms with E-state index < -0.39 is 21.4 Å². The third kappa shape index (κ3) is 6.43. The quantitative estimate of drug-likeness (QED) is 0.396. The van der Waals surface area contributed by atoms with Crippen LogP contribution < -0.4 is 0 Å². The molecule has 0 spiro atoms. The van der Waals surface area contributed by atoms with Gasteiger partial charge in [-0.1, -0.05) is 49.9 Å². The molecular formula is C24H32O4S. The Kier molecular flexibility index (Phi) is 7.12. The second kappa shape index (κ2) is 9.57. The molecule has 158 valence electrons. The molecule has 0 saturated heterocycles. The van der Waals surface area contributed by atoms with Crippen molar-refractivity contribution in [2.45, 2.75) is 82.1 Å². The lowest BCUT2D eigenvalue weighted by Gasteiger charge is -2.21. The monoisotopic (exact) mass is 417 g/mol. The van der Waals surface area contributed by atoms with E-state index in [0.717, 1.165) is 31.2 Å². The number of benzene rings is 2. The van der Waals surface area contributed by atoms with Crippen molar-refractivity contribution < 1.29 is 19.3 Å². The Morgan fingerprint density at radius 2 is 1.69 bits per heavy atom. The van der Waals surface area contributed by atoms with Crippen molar-refractivity contribution in [3.8, 4) is 0 Å². The largest absolute Gasteiger partial charge is 0.456 e. The summed E-state index contributed by atoms with van der Waals surface area (Å²) in [7, 11) is -3.93. The Balaban J connectivity index is 2.53. The maximum atomic E-state index is 13.2. The highest BCUT2D eigenvalue weighted by Crippen LogP contribution is 2.26. The minimum atomic E-state index is -3.93. The molecule has 0 aliphatic carbocycles. The summed E-state index contributed by atoms with van der Waals surface area (Å²) in [5.41, 5.74) is 1.12. The summed E-state index contributed by atoms with van der Waals surface area (Å²) in [6.45, 7) is 9.32. The van der Waals surface area contributed by atoms with Crippen LogP contribution in [0.15, 0.2) is 52.2 Å². The molecule has 2 aromatic rings. The molecule has 0 unspecified atom stereocenters. The van der Waals surface area contributed by atoms with Gasteiger partial charge in [-0.3, -0.25) is 0 Å². The van der Waals surface area contributed by atoms with Gasteiger partial charge in [0.05, 0.1) is 16.7 Å². The van der Waals surface area contributed by atoms with Gasteiger partial charge < -0.3 is 4.74 Å². The van der Waals surface area contributed by atoms with E-state index in [-0.39, 0.29) is 21.4 Å². The van der Waals surface area contributed by atoms with E-state index in [0.29, 0.717) is 12.0 Å². The summed E-state index contributed by atoms with van der Waals surface area (Å²) >= 11 is 0. The fourth-order valence-electron chi connectivity index (χ4n) is 2.97. The van der Waals surface area contributed by atoms with Gasteiger partial charge in [-0.05, 0) is 70.3 Å². The van der Waals surface area contributed by atoms with Crippen molar-refractivity contribution in [2.75, 3.05) is 0 Å². The van der Waals surface area contributed by atoms with E-state index in [2.05, 4.69) is 6.92 Å². The smallest absolute Gasteiger partial charge is 0.338 e. The summed E-state index contributed by atoms with van der Waals surface area (Å²) in [6, 6.07) is 9.20. The zero-order valence-electron chi connectivity index (χ0n) is 19.0. The molecule has 0 heterocycles. The van der Waals surface area contributed by atoms with Gasteiger partial charge in [0.15, 0.2) is 0 Å². The number of aryl methyl sites for hydroxylation is 2. The fourth-order valence-corrected chi connectivity index (χ4v) is 4.21. The zero-order valence-corrected chi connectivity index (χ0v) is 18.9. The number of carbonyl (C=O) groups excluding carboxylic acids is 1.